The second kappa shape index (κ2) is 4.99. The van der Waals surface area contributed by atoms with Gasteiger partial charge in [0.05, 0.1) is 6.54 Å². The number of nitrogens with zero attached hydrogens (tertiary/aromatic N) is 2. The van der Waals surface area contributed by atoms with Gasteiger partial charge in [-0.2, -0.15) is 0 Å². The van der Waals surface area contributed by atoms with Crippen molar-refractivity contribution in [2.45, 2.75) is 33.2 Å². The van der Waals surface area contributed by atoms with Crippen LogP contribution in [0.1, 0.15) is 26.6 Å². The van der Waals surface area contributed by atoms with Crippen LogP contribution >= 0.6 is 0 Å². The van der Waals surface area contributed by atoms with Crippen LogP contribution in [0.5, 0.6) is 0 Å². The van der Waals surface area contributed by atoms with E-state index in [1.165, 1.54) is 0 Å². The Morgan fingerprint density at radius 1 is 1.41 bits per heavy atom. The molecule has 1 rings (SSSR count). The molecule has 0 unspecified atom stereocenters. The summed E-state index contributed by atoms with van der Waals surface area (Å²) in [5.41, 5.74) is 5.34. The van der Waals surface area contributed by atoms with Gasteiger partial charge in [-0.15, -0.1) is 0 Å². The minimum atomic E-state index is -0.237. The number of hydrogen-bond donors (Lipinski definition) is 3. The van der Waals surface area contributed by atoms with Crippen molar-refractivity contribution >= 4 is 17.5 Å². The lowest BCUT2D eigenvalue weighted by Crippen LogP contribution is -2.43. The van der Waals surface area contributed by atoms with Gasteiger partial charge in [-0.25, -0.2) is 9.97 Å². The number of aryl methyl sites for hydroxylation is 1. The second-order valence-electron chi connectivity index (χ2n) is 4.88. The van der Waals surface area contributed by atoms with Crippen LogP contribution in [0.3, 0.4) is 0 Å². The highest BCUT2D eigenvalue weighted by atomic mass is 16.2. The highest BCUT2D eigenvalue weighted by molar-refractivity contribution is 5.81. The highest BCUT2D eigenvalue weighted by Crippen LogP contribution is 2.07. The maximum absolute atomic E-state index is 11.6. The Kier molecular flexibility index (Phi) is 3.88. The fourth-order valence-corrected chi connectivity index (χ4v) is 1.31. The number of rotatable bonds is 3. The van der Waals surface area contributed by atoms with Gasteiger partial charge in [-0.3, -0.25) is 4.79 Å². The third-order valence-corrected chi connectivity index (χ3v) is 1.80. The van der Waals surface area contributed by atoms with E-state index >= 15 is 0 Å². The van der Waals surface area contributed by atoms with Crippen molar-refractivity contribution in [3.05, 3.63) is 11.9 Å². The molecule has 0 aromatic carbocycles. The van der Waals surface area contributed by atoms with Gasteiger partial charge in [0.2, 0.25) is 5.91 Å². The Balaban J connectivity index is 2.53. The average Bonchev–Trinajstić information content (AvgIpc) is 2.10. The third-order valence-electron chi connectivity index (χ3n) is 1.80. The summed E-state index contributed by atoms with van der Waals surface area (Å²) < 4.78 is 0. The molecule has 0 fully saturated rings. The number of amides is 1. The van der Waals surface area contributed by atoms with E-state index in [4.69, 9.17) is 5.73 Å². The Hall–Kier alpha value is -1.85. The molecule has 0 saturated heterocycles. The van der Waals surface area contributed by atoms with Gasteiger partial charge >= 0.3 is 0 Å². The van der Waals surface area contributed by atoms with Gasteiger partial charge in [0.15, 0.2) is 0 Å². The molecule has 0 radical (unpaired) electrons. The standard InChI is InChI=1S/C11H19N5O/c1-7-14-8(12)5-9(15-7)13-6-10(17)16-11(2,3)4/h5H,6H2,1-4H3,(H,16,17)(H3,12,13,14,15). The zero-order valence-electron chi connectivity index (χ0n) is 10.7. The fourth-order valence-electron chi connectivity index (χ4n) is 1.31. The molecule has 17 heavy (non-hydrogen) atoms. The maximum atomic E-state index is 11.6. The first-order valence-electron chi connectivity index (χ1n) is 5.42. The predicted octanol–water partition coefficient (Wildman–Crippen LogP) is 0.694. The minimum Gasteiger partial charge on any atom is -0.384 e. The first-order valence-corrected chi connectivity index (χ1v) is 5.42. The number of anilines is 2. The van der Waals surface area contributed by atoms with Crippen LogP contribution in [0, 0.1) is 6.92 Å². The zero-order valence-corrected chi connectivity index (χ0v) is 10.7. The monoisotopic (exact) mass is 237 g/mol. The van der Waals surface area contributed by atoms with Crippen LogP contribution in [-0.2, 0) is 4.79 Å². The zero-order chi connectivity index (χ0) is 13.1. The Morgan fingerprint density at radius 3 is 2.59 bits per heavy atom. The SMILES string of the molecule is Cc1nc(N)cc(NCC(=O)NC(C)(C)C)n1. The maximum Gasteiger partial charge on any atom is 0.239 e. The number of aromatic nitrogens is 2. The Bertz CT molecular complexity index is 391. The van der Waals surface area contributed by atoms with Crippen molar-refractivity contribution in [2.75, 3.05) is 17.6 Å². The van der Waals surface area contributed by atoms with E-state index in [1.807, 2.05) is 20.8 Å². The summed E-state index contributed by atoms with van der Waals surface area (Å²) >= 11 is 0. The van der Waals surface area contributed by atoms with Gasteiger partial charge in [-0.1, -0.05) is 0 Å². The van der Waals surface area contributed by atoms with Crippen LogP contribution in [-0.4, -0.2) is 28.0 Å². The van der Waals surface area contributed by atoms with Crippen LogP contribution in [0.2, 0.25) is 0 Å². The lowest BCUT2D eigenvalue weighted by molar-refractivity contribution is -0.120. The van der Waals surface area contributed by atoms with E-state index < -0.39 is 0 Å². The molecule has 0 aliphatic heterocycles. The van der Waals surface area contributed by atoms with E-state index in [9.17, 15) is 4.79 Å². The van der Waals surface area contributed by atoms with Crippen LogP contribution in [0.4, 0.5) is 11.6 Å². The smallest absolute Gasteiger partial charge is 0.239 e. The number of carbonyl (C=O) groups excluding carboxylic acids is 1. The van der Waals surface area contributed by atoms with Crippen LogP contribution in [0.15, 0.2) is 6.07 Å². The number of hydrogen-bond acceptors (Lipinski definition) is 5. The molecule has 1 aromatic rings. The molecule has 4 N–H and O–H groups in total. The summed E-state index contributed by atoms with van der Waals surface area (Å²) in [7, 11) is 0. The largest absolute Gasteiger partial charge is 0.384 e. The van der Waals surface area contributed by atoms with Crippen molar-refractivity contribution in [1.29, 1.82) is 0 Å². The third kappa shape index (κ3) is 5.14. The molecule has 1 amide bonds. The van der Waals surface area contributed by atoms with E-state index in [0.717, 1.165) is 0 Å². The van der Waals surface area contributed by atoms with Crippen molar-refractivity contribution in [3.63, 3.8) is 0 Å². The summed E-state index contributed by atoms with van der Waals surface area (Å²) in [6, 6.07) is 1.59. The van der Waals surface area contributed by atoms with Crippen LogP contribution in [0.25, 0.3) is 0 Å². The number of nitrogens with one attached hydrogen (secondary N) is 2. The van der Waals surface area contributed by atoms with E-state index in [-0.39, 0.29) is 18.0 Å². The van der Waals surface area contributed by atoms with Crippen molar-refractivity contribution < 1.29 is 4.79 Å². The van der Waals surface area contributed by atoms with Gasteiger partial charge in [0.1, 0.15) is 17.5 Å². The molecule has 6 nitrogen and oxygen atoms in total. The number of nitrogen functional groups attached to an aromatic ring is 1. The topological polar surface area (TPSA) is 92.9 Å². The van der Waals surface area contributed by atoms with Gasteiger partial charge < -0.3 is 16.4 Å². The summed E-state index contributed by atoms with van der Waals surface area (Å²) in [5.74, 6) is 1.42. The van der Waals surface area contributed by atoms with E-state index in [0.29, 0.717) is 17.5 Å². The fraction of sp³-hybridized carbons (Fsp3) is 0.545. The molecule has 0 spiro atoms. The summed E-state index contributed by atoms with van der Waals surface area (Å²) in [4.78, 5) is 19.6. The summed E-state index contributed by atoms with van der Waals surface area (Å²) in [5, 5.41) is 5.75. The quantitative estimate of drug-likeness (QED) is 0.719. The predicted molar refractivity (Wildman–Crippen MR) is 67.6 cm³/mol. The second-order valence-corrected chi connectivity index (χ2v) is 4.88. The molecular formula is C11H19N5O. The molecule has 0 aliphatic rings. The first kappa shape index (κ1) is 13.2. The Labute approximate surface area is 101 Å². The number of carbonyl (C=O) groups is 1. The molecule has 1 aromatic heterocycles. The molecule has 0 saturated carbocycles. The molecule has 94 valence electrons. The molecule has 6 heteroatoms. The van der Waals surface area contributed by atoms with Crippen LogP contribution < -0.4 is 16.4 Å². The lowest BCUT2D eigenvalue weighted by atomic mass is 10.1. The van der Waals surface area contributed by atoms with Crippen molar-refractivity contribution in [2.24, 2.45) is 0 Å². The molecule has 0 atom stereocenters. The Morgan fingerprint density at radius 2 is 2.06 bits per heavy atom. The van der Waals surface area contributed by atoms with Crippen molar-refractivity contribution in [3.8, 4) is 0 Å². The van der Waals surface area contributed by atoms with Gasteiger partial charge in [-0.05, 0) is 27.7 Å². The normalized spacial score (nSPS) is 11.1. The minimum absolute atomic E-state index is 0.0904. The lowest BCUT2D eigenvalue weighted by Gasteiger charge is -2.20. The molecule has 0 bridgehead atoms. The molecular weight excluding hydrogens is 218 g/mol. The molecule has 1 heterocycles. The van der Waals surface area contributed by atoms with Gasteiger partial charge in [0.25, 0.3) is 0 Å². The average molecular weight is 237 g/mol. The molecule has 0 aliphatic carbocycles. The summed E-state index contributed by atoms with van der Waals surface area (Å²) in [6.45, 7) is 7.69. The first-order chi connectivity index (χ1) is 7.76. The van der Waals surface area contributed by atoms with Crippen molar-refractivity contribution in [1.82, 2.24) is 15.3 Å². The summed E-state index contributed by atoms with van der Waals surface area (Å²) in [6.07, 6.45) is 0. The van der Waals surface area contributed by atoms with E-state index in [1.54, 1.807) is 13.0 Å². The van der Waals surface area contributed by atoms with Gasteiger partial charge in [0, 0.05) is 11.6 Å². The highest BCUT2D eigenvalue weighted by Gasteiger charge is 2.13. The van der Waals surface area contributed by atoms with E-state index in [2.05, 4.69) is 20.6 Å². The number of nitrogens with two attached hydrogens (primary N) is 1.